The molecule has 0 aromatic heterocycles. The molecule has 24 heavy (non-hydrogen) atoms. The minimum Gasteiger partial charge on any atom is -0.490 e. The third kappa shape index (κ3) is 5.11. The van der Waals surface area contributed by atoms with E-state index in [9.17, 15) is 4.79 Å². The number of hydrogen-bond acceptors (Lipinski definition) is 5. The molecule has 0 saturated carbocycles. The highest BCUT2D eigenvalue weighted by molar-refractivity contribution is 5.78. The zero-order chi connectivity index (χ0) is 17.4. The van der Waals surface area contributed by atoms with Crippen molar-refractivity contribution in [1.82, 2.24) is 9.80 Å². The molecule has 0 bridgehead atoms. The number of hydrogen-bond donors (Lipinski definition) is 0. The number of amides is 1. The number of ether oxygens (including phenoxy) is 3. The molecular formula is C18H28N2O4. The second-order valence-corrected chi connectivity index (χ2v) is 5.89. The predicted molar refractivity (Wildman–Crippen MR) is 92.6 cm³/mol. The fourth-order valence-corrected chi connectivity index (χ4v) is 2.83. The van der Waals surface area contributed by atoms with Crippen LogP contribution in [-0.4, -0.2) is 74.9 Å². The average molecular weight is 336 g/mol. The summed E-state index contributed by atoms with van der Waals surface area (Å²) in [6, 6.07) is 7.81. The first kappa shape index (κ1) is 18.5. The van der Waals surface area contributed by atoms with Gasteiger partial charge in [0.2, 0.25) is 0 Å². The number of piperazine rings is 1. The normalized spacial score (nSPS) is 16.7. The number of nitrogens with zero attached hydrogens (tertiary/aromatic N) is 2. The van der Waals surface area contributed by atoms with Gasteiger partial charge in [0.15, 0.2) is 18.1 Å². The van der Waals surface area contributed by atoms with Gasteiger partial charge in [-0.05, 0) is 26.0 Å². The summed E-state index contributed by atoms with van der Waals surface area (Å²) >= 11 is 0. The number of para-hydroxylation sites is 2. The van der Waals surface area contributed by atoms with Crippen LogP contribution in [0.4, 0.5) is 0 Å². The molecule has 0 radical (unpaired) electrons. The van der Waals surface area contributed by atoms with Crippen molar-refractivity contribution in [2.45, 2.75) is 19.9 Å². The molecule has 1 atom stereocenters. The maximum atomic E-state index is 12.4. The Labute approximate surface area is 144 Å². The van der Waals surface area contributed by atoms with E-state index in [4.69, 9.17) is 14.2 Å². The van der Waals surface area contributed by atoms with Gasteiger partial charge < -0.3 is 19.1 Å². The third-order valence-electron chi connectivity index (χ3n) is 4.20. The largest absolute Gasteiger partial charge is 0.490 e. The van der Waals surface area contributed by atoms with Crippen LogP contribution in [0.2, 0.25) is 0 Å². The van der Waals surface area contributed by atoms with Gasteiger partial charge in [0, 0.05) is 39.3 Å². The quantitative estimate of drug-likeness (QED) is 0.722. The lowest BCUT2D eigenvalue weighted by molar-refractivity contribution is -0.135. The second kappa shape index (κ2) is 9.49. The summed E-state index contributed by atoms with van der Waals surface area (Å²) in [6.07, 6.45) is 0. The van der Waals surface area contributed by atoms with Gasteiger partial charge in [0.25, 0.3) is 5.91 Å². The van der Waals surface area contributed by atoms with Gasteiger partial charge >= 0.3 is 0 Å². The highest BCUT2D eigenvalue weighted by Gasteiger charge is 2.24. The van der Waals surface area contributed by atoms with E-state index >= 15 is 0 Å². The molecule has 1 fully saturated rings. The van der Waals surface area contributed by atoms with Gasteiger partial charge in [0.1, 0.15) is 0 Å². The minimum absolute atomic E-state index is 0.0142. The van der Waals surface area contributed by atoms with Crippen LogP contribution in [0.1, 0.15) is 13.8 Å². The van der Waals surface area contributed by atoms with Gasteiger partial charge in [-0.2, -0.15) is 0 Å². The van der Waals surface area contributed by atoms with Gasteiger partial charge in [-0.1, -0.05) is 12.1 Å². The van der Waals surface area contributed by atoms with E-state index in [1.807, 2.05) is 36.1 Å². The molecule has 0 N–H and O–H groups in total. The Kier molecular flexibility index (Phi) is 7.34. The summed E-state index contributed by atoms with van der Waals surface area (Å²) in [5.41, 5.74) is 0. The fraction of sp³-hybridized carbons (Fsp3) is 0.611. The molecule has 0 spiro atoms. The van der Waals surface area contributed by atoms with E-state index in [-0.39, 0.29) is 12.5 Å². The standard InChI is InChI=1S/C18H28N2O4/c1-4-23-16-7-5-6-8-17(16)24-14-18(21)20-11-9-19(10-12-20)15(2)13-22-3/h5-8,15H,4,9-14H2,1-3H3. The van der Waals surface area contributed by atoms with E-state index < -0.39 is 0 Å². The van der Waals surface area contributed by atoms with E-state index in [2.05, 4.69) is 11.8 Å². The van der Waals surface area contributed by atoms with Crippen molar-refractivity contribution in [2.75, 3.05) is 53.1 Å². The monoisotopic (exact) mass is 336 g/mol. The van der Waals surface area contributed by atoms with Crippen molar-refractivity contribution < 1.29 is 19.0 Å². The smallest absolute Gasteiger partial charge is 0.260 e. The van der Waals surface area contributed by atoms with E-state index in [1.165, 1.54) is 0 Å². The Balaban J connectivity index is 1.80. The van der Waals surface area contributed by atoms with E-state index in [1.54, 1.807) is 7.11 Å². The fourth-order valence-electron chi connectivity index (χ4n) is 2.83. The molecule has 1 aromatic carbocycles. The van der Waals surface area contributed by atoms with Crippen LogP contribution < -0.4 is 9.47 Å². The van der Waals surface area contributed by atoms with Crippen LogP contribution in [0, 0.1) is 0 Å². The lowest BCUT2D eigenvalue weighted by Gasteiger charge is -2.37. The summed E-state index contributed by atoms with van der Waals surface area (Å²) < 4.78 is 16.4. The molecule has 6 nitrogen and oxygen atoms in total. The number of rotatable bonds is 8. The maximum Gasteiger partial charge on any atom is 0.260 e. The van der Waals surface area contributed by atoms with Crippen LogP contribution in [0.25, 0.3) is 0 Å². The van der Waals surface area contributed by atoms with Crippen molar-refractivity contribution in [1.29, 1.82) is 0 Å². The second-order valence-electron chi connectivity index (χ2n) is 5.89. The van der Waals surface area contributed by atoms with Crippen LogP contribution >= 0.6 is 0 Å². The zero-order valence-electron chi connectivity index (χ0n) is 14.9. The Morgan fingerprint density at radius 1 is 1.12 bits per heavy atom. The summed E-state index contributed by atoms with van der Waals surface area (Å²) in [5.74, 6) is 1.30. The zero-order valence-corrected chi connectivity index (χ0v) is 14.9. The Hall–Kier alpha value is -1.79. The Morgan fingerprint density at radius 3 is 2.33 bits per heavy atom. The minimum atomic E-state index is 0.0142. The number of methoxy groups -OCH3 is 1. The van der Waals surface area contributed by atoms with Crippen molar-refractivity contribution in [3.05, 3.63) is 24.3 Å². The number of carbonyl (C=O) groups excluding carboxylic acids is 1. The highest BCUT2D eigenvalue weighted by atomic mass is 16.5. The molecule has 1 amide bonds. The lowest BCUT2D eigenvalue weighted by Crippen LogP contribution is -2.53. The van der Waals surface area contributed by atoms with Gasteiger partial charge in [-0.15, -0.1) is 0 Å². The van der Waals surface area contributed by atoms with Gasteiger partial charge in [0.05, 0.1) is 13.2 Å². The van der Waals surface area contributed by atoms with Crippen molar-refractivity contribution in [3.8, 4) is 11.5 Å². The maximum absolute atomic E-state index is 12.4. The molecular weight excluding hydrogens is 308 g/mol. The van der Waals surface area contributed by atoms with E-state index in [0.717, 1.165) is 26.2 Å². The molecule has 1 unspecified atom stereocenters. The number of carbonyl (C=O) groups is 1. The van der Waals surface area contributed by atoms with Crippen LogP contribution in [0.15, 0.2) is 24.3 Å². The summed E-state index contributed by atoms with van der Waals surface area (Å²) in [7, 11) is 1.72. The van der Waals surface area contributed by atoms with Crippen LogP contribution in [0.5, 0.6) is 11.5 Å². The Bertz CT molecular complexity index is 515. The summed E-state index contributed by atoms with van der Waals surface area (Å²) in [4.78, 5) is 16.6. The van der Waals surface area contributed by atoms with Gasteiger partial charge in [-0.3, -0.25) is 9.69 Å². The molecule has 1 saturated heterocycles. The lowest BCUT2D eigenvalue weighted by atomic mass is 10.2. The predicted octanol–water partition coefficient (Wildman–Crippen LogP) is 1.64. The molecule has 6 heteroatoms. The average Bonchev–Trinajstić information content (AvgIpc) is 2.61. The molecule has 1 heterocycles. The van der Waals surface area contributed by atoms with Crippen LogP contribution in [-0.2, 0) is 9.53 Å². The first-order chi connectivity index (χ1) is 11.7. The molecule has 1 aliphatic heterocycles. The molecule has 2 rings (SSSR count). The molecule has 0 aliphatic carbocycles. The van der Waals surface area contributed by atoms with Crippen molar-refractivity contribution in [3.63, 3.8) is 0 Å². The van der Waals surface area contributed by atoms with Crippen molar-refractivity contribution in [2.24, 2.45) is 0 Å². The first-order valence-electron chi connectivity index (χ1n) is 8.51. The Morgan fingerprint density at radius 2 is 1.75 bits per heavy atom. The third-order valence-corrected chi connectivity index (χ3v) is 4.20. The van der Waals surface area contributed by atoms with Crippen molar-refractivity contribution >= 4 is 5.91 Å². The topological polar surface area (TPSA) is 51.2 Å². The molecule has 1 aromatic rings. The van der Waals surface area contributed by atoms with E-state index in [0.29, 0.717) is 30.8 Å². The SMILES string of the molecule is CCOc1ccccc1OCC(=O)N1CCN(C(C)COC)CC1. The number of benzene rings is 1. The van der Waals surface area contributed by atoms with Crippen LogP contribution in [0.3, 0.4) is 0 Å². The highest BCUT2D eigenvalue weighted by Crippen LogP contribution is 2.26. The van der Waals surface area contributed by atoms with Gasteiger partial charge in [-0.25, -0.2) is 0 Å². The summed E-state index contributed by atoms with van der Waals surface area (Å²) in [5, 5.41) is 0. The molecule has 1 aliphatic rings. The summed E-state index contributed by atoms with van der Waals surface area (Å²) in [6.45, 7) is 8.57. The molecule has 134 valence electrons. The first-order valence-corrected chi connectivity index (χ1v) is 8.51.